The van der Waals surface area contributed by atoms with E-state index >= 15 is 0 Å². The van der Waals surface area contributed by atoms with E-state index in [9.17, 15) is 20.1 Å². The second-order valence-electron chi connectivity index (χ2n) is 8.69. The van der Waals surface area contributed by atoms with Crippen LogP contribution in [-0.2, 0) is 14.3 Å². The molecule has 5 N–H and O–H groups in total. The summed E-state index contributed by atoms with van der Waals surface area (Å²) in [5.41, 5.74) is -0.658. The summed E-state index contributed by atoms with van der Waals surface area (Å²) in [6.07, 6.45) is 1.07. The third-order valence-corrected chi connectivity index (χ3v) is 7.01. The zero-order valence-corrected chi connectivity index (χ0v) is 19.4. The Hall–Kier alpha value is -0.420. The van der Waals surface area contributed by atoms with E-state index in [2.05, 4.69) is 10.6 Å². The average molecular weight is 449 g/mol. The van der Waals surface area contributed by atoms with Crippen molar-refractivity contribution >= 4 is 17.7 Å². The Balaban J connectivity index is 1.97. The van der Waals surface area contributed by atoms with Gasteiger partial charge >= 0.3 is 0 Å². The lowest BCUT2D eigenvalue weighted by molar-refractivity contribution is -0.208. The van der Waals surface area contributed by atoms with Crippen molar-refractivity contribution in [2.24, 2.45) is 11.8 Å². The van der Waals surface area contributed by atoms with E-state index in [0.29, 0.717) is 5.92 Å². The van der Waals surface area contributed by atoms with E-state index in [1.54, 1.807) is 6.26 Å². The van der Waals surface area contributed by atoms with Gasteiger partial charge in [0.1, 0.15) is 29.9 Å². The molecule has 0 aromatic rings. The van der Waals surface area contributed by atoms with Crippen molar-refractivity contribution in [2.45, 2.75) is 88.4 Å². The zero-order valence-electron chi connectivity index (χ0n) is 18.6. The summed E-state index contributed by atoms with van der Waals surface area (Å²) < 4.78 is 11.3. The highest BCUT2D eigenvalue weighted by molar-refractivity contribution is 7.99. The number of carbonyl (C=O) groups is 1. The predicted octanol–water partition coefficient (Wildman–Crippen LogP) is 0.483. The monoisotopic (exact) mass is 448 g/mol. The first-order valence-corrected chi connectivity index (χ1v) is 12.4. The van der Waals surface area contributed by atoms with Gasteiger partial charge in [0.15, 0.2) is 0 Å². The molecular formula is C21H40N2O6S. The molecule has 9 heteroatoms. The molecule has 30 heavy (non-hydrogen) atoms. The third kappa shape index (κ3) is 6.79. The molecule has 2 aliphatic rings. The fourth-order valence-corrected chi connectivity index (χ4v) is 5.01. The number of thioether (sulfide) groups is 1. The molecule has 0 unspecified atom stereocenters. The number of carbonyl (C=O) groups excluding carboxylic acids is 1. The van der Waals surface area contributed by atoms with Crippen LogP contribution in [0, 0.1) is 11.8 Å². The van der Waals surface area contributed by atoms with Crippen LogP contribution in [0.1, 0.15) is 46.5 Å². The van der Waals surface area contributed by atoms with Gasteiger partial charge in [-0.3, -0.25) is 4.79 Å². The quantitative estimate of drug-likeness (QED) is 0.306. The van der Waals surface area contributed by atoms with Crippen LogP contribution in [-0.4, -0.2) is 89.2 Å². The molecule has 0 spiro atoms. The van der Waals surface area contributed by atoms with Gasteiger partial charge in [0.05, 0.1) is 12.1 Å². The Morgan fingerprint density at radius 3 is 2.63 bits per heavy atom. The number of hydrogen-bond acceptors (Lipinski definition) is 8. The van der Waals surface area contributed by atoms with Crippen molar-refractivity contribution in [1.82, 2.24) is 10.6 Å². The van der Waals surface area contributed by atoms with Gasteiger partial charge in [0.2, 0.25) is 5.91 Å². The smallest absolute Gasteiger partial charge is 0.237 e. The molecule has 1 amide bonds. The van der Waals surface area contributed by atoms with Crippen LogP contribution < -0.4 is 10.6 Å². The summed E-state index contributed by atoms with van der Waals surface area (Å²) in [7, 11) is 0. The van der Waals surface area contributed by atoms with E-state index in [4.69, 9.17) is 9.47 Å². The summed E-state index contributed by atoms with van der Waals surface area (Å²) in [6.45, 7) is 8.16. The van der Waals surface area contributed by atoms with Gasteiger partial charge in [0, 0.05) is 13.2 Å². The molecule has 0 bridgehead atoms. The average Bonchev–Trinajstić information content (AvgIpc) is 2.74. The van der Waals surface area contributed by atoms with Crippen molar-refractivity contribution in [3.05, 3.63) is 0 Å². The summed E-state index contributed by atoms with van der Waals surface area (Å²) in [6, 6.07) is -0.769. The topological polar surface area (TPSA) is 120 Å². The third-order valence-electron chi connectivity index (χ3n) is 6.15. The number of aliphatic hydroxyl groups excluding tert-OH is 3. The maximum absolute atomic E-state index is 13.0. The van der Waals surface area contributed by atoms with E-state index < -0.39 is 35.9 Å². The molecule has 176 valence electrons. The Morgan fingerprint density at radius 2 is 2.00 bits per heavy atom. The molecule has 0 aliphatic carbocycles. The largest absolute Gasteiger partial charge is 0.388 e. The minimum Gasteiger partial charge on any atom is -0.388 e. The van der Waals surface area contributed by atoms with Crippen LogP contribution in [0.3, 0.4) is 0 Å². The van der Waals surface area contributed by atoms with E-state index in [1.807, 2.05) is 20.8 Å². The normalized spacial score (nSPS) is 35.9. The molecule has 8 nitrogen and oxygen atoms in total. The second-order valence-corrected chi connectivity index (χ2v) is 9.63. The molecular weight excluding hydrogens is 408 g/mol. The van der Waals surface area contributed by atoms with E-state index in [-0.39, 0.29) is 17.9 Å². The first kappa shape index (κ1) is 25.8. The first-order valence-electron chi connectivity index (χ1n) is 11.1. The van der Waals surface area contributed by atoms with Crippen LogP contribution in [0.25, 0.3) is 0 Å². The summed E-state index contributed by atoms with van der Waals surface area (Å²) in [5, 5.41) is 37.2. The van der Waals surface area contributed by atoms with Gasteiger partial charge < -0.3 is 35.4 Å². The first-order chi connectivity index (χ1) is 14.3. The Morgan fingerprint density at radius 1 is 1.27 bits per heavy atom. The molecule has 0 aromatic carbocycles. The number of nitrogens with one attached hydrogen (secondary N) is 2. The highest BCUT2D eigenvalue weighted by Gasteiger charge is 2.47. The lowest BCUT2D eigenvalue weighted by Crippen LogP contribution is -2.65. The van der Waals surface area contributed by atoms with Gasteiger partial charge in [-0.25, -0.2) is 0 Å². The summed E-state index contributed by atoms with van der Waals surface area (Å²) >= 11 is 1.27. The molecule has 0 aromatic heterocycles. The van der Waals surface area contributed by atoms with Gasteiger partial charge in [-0.1, -0.05) is 13.8 Å². The van der Waals surface area contributed by atoms with Crippen molar-refractivity contribution in [3.63, 3.8) is 0 Å². The van der Waals surface area contributed by atoms with Crippen molar-refractivity contribution < 1.29 is 29.6 Å². The lowest BCUT2D eigenvalue weighted by atomic mass is 9.86. The highest BCUT2D eigenvalue weighted by Crippen LogP contribution is 2.30. The minimum atomic E-state index is -1.32. The number of piperidine rings is 1. The maximum atomic E-state index is 13.0. The fourth-order valence-electron chi connectivity index (χ4n) is 4.33. The Kier molecular flexibility index (Phi) is 10.8. The Bertz CT molecular complexity index is 524. The molecule has 2 fully saturated rings. The number of rotatable bonds is 10. The lowest BCUT2D eigenvalue weighted by Gasteiger charge is -2.44. The second kappa shape index (κ2) is 12.6. The SMILES string of the molecule is CCOCCC[C@@H]1CCN[C@H](C(=O)N[C@H](C(C)C)[C@H]2O[C@H](SC)[C@H](O)[C@@H](O)[C@H]2O)C1. The van der Waals surface area contributed by atoms with Crippen LogP contribution in [0.15, 0.2) is 0 Å². The van der Waals surface area contributed by atoms with Gasteiger partial charge in [-0.2, -0.15) is 0 Å². The van der Waals surface area contributed by atoms with E-state index in [0.717, 1.165) is 45.4 Å². The minimum absolute atomic E-state index is 0.0240. The van der Waals surface area contributed by atoms with Gasteiger partial charge in [0.25, 0.3) is 0 Å². The molecule has 0 radical (unpaired) electrons. The Labute approximate surface area is 184 Å². The van der Waals surface area contributed by atoms with E-state index in [1.165, 1.54) is 11.8 Å². The van der Waals surface area contributed by atoms with Crippen molar-refractivity contribution in [3.8, 4) is 0 Å². The number of aliphatic hydroxyl groups is 3. The number of amides is 1. The summed E-state index contributed by atoms with van der Waals surface area (Å²) in [5.74, 6) is 0.346. The van der Waals surface area contributed by atoms with Crippen molar-refractivity contribution in [2.75, 3.05) is 26.0 Å². The van der Waals surface area contributed by atoms with Crippen LogP contribution >= 0.6 is 11.8 Å². The highest BCUT2D eigenvalue weighted by atomic mass is 32.2. The fraction of sp³-hybridized carbons (Fsp3) is 0.952. The summed E-state index contributed by atoms with van der Waals surface area (Å²) in [4.78, 5) is 13.0. The molecule has 0 saturated carbocycles. The van der Waals surface area contributed by atoms with Gasteiger partial charge in [-0.05, 0) is 57.2 Å². The van der Waals surface area contributed by atoms with Crippen LogP contribution in [0.4, 0.5) is 0 Å². The predicted molar refractivity (Wildman–Crippen MR) is 117 cm³/mol. The molecule has 2 heterocycles. The maximum Gasteiger partial charge on any atom is 0.237 e. The van der Waals surface area contributed by atoms with Gasteiger partial charge in [-0.15, -0.1) is 11.8 Å². The van der Waals surface area contributed by atoms with Crippen LogP contribution in [0.5, 0.6) is 0 Å². The van der Waals surface area contributed by atoms with Crippen LogP contribution in [0.2, 0.25) is 0 Å². The zero-order chi connectivity index (χ0) is 22.3. The molecule has 8 atom stereocenters. The number of ether oxygens (including phenoxy) is 2. The standard InChI is InChI=1S/C21H40N2O6S/c1-5-28-10-6-7-13-8-9-22-14(11-13)20(27)23-15(12(2)3)19-17(25)16(24)18(26)21(29-19)30-4/h12-19,21-22,24-26H,5-11H2,1-4H3,(H,23,27)/t13-,14+,15-,16+,17-,18-,19-,21-/m1/s1. The molecule has 2 saturated heterocycles. The molecule has 2 aliphatic heterocycles. The van der Waals surface area contributed by atoms with Crippen molar-refractivity contribution in [1.29, 1.82) is 0 Å². The molecule has 2 rings (SSSR count). The number of hydrogen-bond donors (Lipinski definition) is 5.